The highest BCUT2D eigenvalue weighted by molar-refractivity contribution is 5.90. The van der Waals surface area contributed by atoms with Crippen LogP contribution in [0, 0.1) is 5.41 Å². The number of carbonyl (C=O) groups is 1. The molecule has 4 nitrogen and oxygen atoms in total. The first-order valence-corrected chi connectivity index (χ1v) is 7.73. The lowest BCUT2D eigenvalue weighted by molar-refractivity contribution is 0.122. The Bertz CT molecular complexity index is 501. The van der Waals surface area contributed by atoms with Crippen molar-refractivity contribution in [2.45, 2.75) is 52.0 Å². The van der Waals surface area contributed by atoms with Gasteiger partial charge in [0.15, 0.2) is 0 Å². The predicted octanol–water partition coefficient (Wildman–Crippen LogP) is 3.48. The number of hydrogen-bond donors (Lipinski definition) is 3. The summed E-state index contributed by atoms with van der Waals surface area (Å²) in [7, 11) is 0. The summed E-state index contributed by atoms with van der Waals surface area (Å²) in [4.78, 5) is 12.2. The van der Waals surface area contributed by atoms with Crippen LogP contribution in [0.25, 0.3) is 0 Å². The van der Waals surface area contributed by atoms with Gasteiger partial charge in [-0.15, -0.1) is 0 Å². The molecule has 2 rings (SSSR count). The quantitative estimate of drug-likeness (QED) is 0.795. The Hall–Kier alpha value is -1.55. The van der Waals surface area contributed by atoms with Crippen molar-refractivity contribution >= 4 is 11.7 Å². The molecule has 0 aromatic heterocycles. The van der Waals surface area contributed by atoms with Crippen molar-refractivity contribution in [2.24, 2.45) is 5.41 Å². The number of urea groups is 1. The molecule has 4 heteroatoms. The summed E-state index contributed by atoms with van der Waals surface area (Å²) in [5, 5.41) is 15.5. The molecule has 0 bridgehead atoms. The van der Waals surface area contributed by atoms with Crippen LogP contribution in [-0.4, -0.2) is 23.8 Å². The van der Waals surface area contributed by atoms with Gasteiger partial charge < -0.3 is 15.7 Å². The predicted molar refractivity (Wildman–Crippen MR) is 85.5 cm³/mol. The zero-order valence-corrected chi connectivity index (χ0v) is 13.1. The average Bonchev–Trinajstić information content (AvgIpc) is 2.81. The summed E-state index contributed by atoms with van der Waals surface area (Å²) < 4.78 is 0. The van der Waals surface area contributed by atoms with Crippen molar-refractivity contribution in [1.29, 1.82) is 0 Å². The topological polar surface area (TPSA) is 61.4 Å². The second-order valence-corrected chi connectivity index (χ2v) is 6.60. The molecule has 116 valence electrons. The third kappa shape index (κ3) is 3.56. The van der Waals surface area contributed by atoms with E-state index in [4.69, 9.17) is 0 Å². The molecular formula is C17H26N2O2. The summed E-state index contributed by atoms with van der Waals surface area (Å²) in [6.45, 7) is 6.37. The molecule has 0 saturated heterocycles. The average molecular weight is 290 g/mol. The molecule has 0 aliphatic heterocycles. The molecule has 0 spiro atoms. The van der Waals surface area contributed by atoms with E-state index in [1.165, 1.54) is 0 Å². The number of aliphatic hydroxyl groups excluding tert-OH is 1. The number of hydrogen-bond acceptors (Lipinski definition) is 2. The Kier molecular flexibility index (Phi) is 4.88. The fraction of sp³-hybridized carbons (Fsp3) is 0.588. The van der Waals surface area contributed by atoms with Crippen molar-refractivity contribution in [3.8, 4) is 0 Å². The smallest absolute Gasteiger partial charge is 0.319 e. The highest BCUT2D eigenvalue weighted by atomic mass is 16.3. The summed E-state index contributed by atoms with van der Waals surface area (Å²) in [5.74, 6) is 0.357. The van der Waals surface area contributed by atoms with Crippen LogP contribution >= 0.6 is 0 Å². The number of rotatable bonds is 4. The zero-order chi connectivity index (χ0) is 15.5. The van der Waals surface area contributed by atoms with Crippen molar-refractivity contribution < 1.29 is 9.90 Å². The summed E-state index contributed by atoms with van der Waals surface area (Å²) in [6, 6.07) is 7.72. The van der Waals surface area contributed by atoms with Crippen LogP contribution in [0.2, 0.25) is 0 Å². The van der Waals surface area contributed by atoms with E-state index < -0.39 is 0 Å². The fourth-order valence-corrected chi connectivity index (χ4v) is 3.10. The lowest BCUT2D eigenvalue weighted by Crippen LogP contribution is -2.46. The van der Waals surface area contributed by atoms with Crippen LogP contribution in [0.1, 0.15) is 51.5 Å². The fourth-order valence-electron chi connectivity index (χ4n) is 3.10. The highest BCUT2D eigenvalue weighted by Crippen LogP contribution is 2.37. The maximum Gasteiger partial charge on any atom is 0.319 e. The van der Waals surface area contributed by atoms with Crippen molar-refractivity contribution in [1.82, 2.24) is 5.32 Å². The molecule has 1 aliphatic carbocycles. The van der Waals surface area contributed by atoms with E-state index in [9.17, 15) is 9.90 Å². The second-order valence-electron chi connectivity index (χ2n) is 6.60. The maximum atomic E-state index is 12.2. The lowest BCUT2D eigenvalue weighted by Gasteiger charge is -2.30. The largest absolute Gasteiger partial charge is 0.396 e. The van der Waals surface area contributed by atoms with E-state index >= 15 is 0 Å². The first-order chi connectivity index (χ1) is 9.96. The minimum Gasteiger partial charge on any atom is -0.396 e. The van der Waals surface area contributed by atoms with Gasteiger partial charge in [0.05, 0.1) is 6.61 Å². The Labute approximate surface area is 126 Å². The summed E-state index contributed by atoms with van der Waals surface area (Å²) in [6.07, 6.45) is 2.93. The number of para-hydroxylation sites is 1. The van der Waals surface area contributed by atoms with Crippen molar-refractivity contribution in [3.05, 3.63) is 29.8 Å². The molecule has 2 unspecified atom stereocenters. The van der Waals surface area contributed by atoms with Crippen LogP contribution in [0.5, 0.6) is 0 Å². The second kappa shape index (κ2) is 6.48. The lowest BCUT2D eigenvalue weighted by atomic mass is 9.86. The molecular weight excluding hydrogens is 264 g/mol. The zero-order valence-electron chi connectivity index (χ0n) is 13.1. The molecule has 1 aromatic carbocycles. The highest BCUT2D eigenvalue weighted by Gasteiger charge is 2.39. The number of aliphatic hydroxyl groups is 1. The van der Waals surface area contributed by atoms with Gasteiger partial charge in [0.25, 0.3) is 0 Å². The van der Waals surface area contributed by atoms with Crippen LogP contribution in [0.4, 0.5) is 10.5 Å². The molecule has 1 aromatic rings. The molecule has 2 atom stereocenters. The van der Waals surface area contributed by atoms with Gasteiger partial charge in [-0.1, -0.05) is 45.4 Å². The molecule has 1 saturated carbocycles. The number of amides is 2. The SMILES string of the molecule is CC(C)c1ccccc1NC(=O)NC1CCCC1(C)CO. The van der Waals surface area contributed by atoms with Crippen LogP contribution < -0.4 is 10.6 Å². The van der Waals surface area contributed by atoms with E-state index in [-0.39, 0.29) is 24.1 Å². The number of carbonyl (C=O) groups excluding carboxylic acids is 1. The number of anilines is 1. The van der Waals surface area contributed by atoms with Gasteiger partial charge >= 0.3 is 6.03 Å². The van der Waals surface area contributed by atoms with Crippen molar-refractivity contribution in [2.75, 3.05) is 11.9 Å². The van der Waals surface area contributed by atoms with Gasteiger partial charge in [0.2, 0.25) is 0 Å². The minimum absolute atomic E-state index is 0.0358. The third-order valence-electron chi connectivity index (χ3n) is 4.58. The standard InChI is InChI=1S/C17H26N2O2/c1-12(2)13-7-4-5-8-14(13)18-16(21)19-15-9-6-10-17(15,3)11-20/h4-5,7-8,12,15,20H,6,9-11H2,1-3H3,(H2,18,19,21). The first kappa shape index (κ1) is 15.8. The molecule has 0 radical (unpaired) electrons. The van der Waals surface area contributed by atoms with Gasteiger partial charge in [-0.2, -0.15) is 0 Å². The molecule has 1 aliphatic rings. The van der Waals surface area contributed by atoms with E-state index in [0.29, 0.717) is 5.92 Å². The minimum atomic E-state index is -0.199. The van der Waals surface area contributed by atoms with E-state index in [1.807, 2.05) is 31.2 Å². The first-order valence-electron chi connectivity index (χ1n) is 7.73. The van der Waals surface area contributed by atoms with Gasteiger partial charge in [-0.25, -0.2) is 4.79 Å². The maximum absolute atomic E-state index is 12.2. The molecule has 21 heavy (non-hydrogen) atoms. The van der Waals surface area contributed by atoms with E-state index in [1.54, 1.807) is 0 Å². The Morgan fingerprint density at radius 3 is 2.81 bits per heavy atom. The van der Waals surface area contributed by atoms with Crippen molar-refractivity contribution in [3.63, 3.8) is 0 Å². The van der Waals surface area contributed by atoms with Crippen LogP contribution in [0.3, 0.4) is 0 Å². The van der Waals surface area contributed by atoms with Gasteiger partial charge in [0.1, 0.15) is 0 Å². The molecule has 0 heterocycles. The van der Waals surface area contributed by atoms with Crippen LogP contribution in [0.15, 0.2) is 24.3 Å². The number of nitrogens with one attached hydrogen (secondary N) is 2. The molecule has 1 fully saturated rings. The van der Waals surface area contributed by atoms with Gasteiger partial charge in [0, 0.05) is 17.1 Å². The normalized spacial score (nSPS) is 25.1. The van der Waals surface area contributed by atoms with Crippen LogP contribution in [-0.2, 0) is 0 Å². The molecule has 3 N–H and O–H groups in total. The van der Waals surface area contributed by atoms with E-state index in [2.05, 4.69) is 24.5 Å². The monoisotopic (exact) mass is 290 g/mol. The number of benzene rings is 1. The third-order valence-corrected chi connectivity index (χ3v) is 4.58. The molecule has 2 amide bonds. The summed E-state index contributed by atoms with van der Waals surface area (Å²) in [5.41, 5.74) is 1.78. The Morgan fingerprint density at radius 2 is 2.14 bits per heavy atom. The van der Waals surface area contributed by atoms with E-state index in [0.717, 1.165) is 30.5 Å². The summed E-state index contributed by atoms with van der Waals surface area (Å²) >= 11 is 0. The van der Waals surface area contributed by atoms with Gasteiger partial charge in [-0.3, -0.25) is 0 Å². The Morgan fingerprint density at radius 1 is 1.43 bits per heavy atom. The van der Waals surface area contributed by atoms with Gasteiger partial charge in [-0.05, 0) is 30.4 Å². The Balaban J connectivity index is 2.03.